The minimum atomic E-state index is -0.750. The molecule has 0 radical (unpaired) electrons. The van der Waals surface area contributed by atoms with Crippen molar-refractivity contribution in [1.82, 2.24) is 0 Å². The highest BCUT2D eigenvalue weighted by atomic mass is 35.6. The Bertz CT molecular complexity index is 36.4. The molecular formula is C5H11Cl3O. The van der Waals surface area contributed by atoms with Crippen LogP contribution in [0.3, 0.4) is 0 Å². The van der Waals surface area contributed by atoms with Crippen molar-refractivity contribution in [3.05, 3.63) is 0 Å². The van der Waals surface area contributed by atoms with E-state index >= 15 is 0 Å². The minimum Gasteiger partial charge on any atom is -0.382 e. The van der Waals surface area contributed by atoms with Gasteiger partial charge in [0.2, 0.25) is 0 Å². The molecule has 4 heteroatoms. The zero-order valence-electron chi connectivity index (χ0n) is 5.53. The van der Waals surface area contributed by atoms with Crippen molar-refractivity contribution in [3.8, 4) is 0 Å². The molecule has 0 aromatic heterocycles. The molecule has 0 bridgehead atoms. The van der Waals surface area contributed by atoms with Gasteiger partial charge >= 0.3 is 0 Å². The van der Waals surface area contributed by atoms with Crippen LogP contribution in [0.25, 0.3) is 0 Å². The second kappa shape index (κ2) is 11.6. The van der Waals surface area contributed by atoms with E-state index in [2.05, 4.69) is 0 Å². The van der Waals surface area contributed by atoms with E-state index in [1.807, 2.05) is 13.8 Å². The van der Waals surface area contributed by atoms with Crippen LogP contribution in [-0.2, 0) is 4.74 Å². The van der Waals surface area contributed by atoms with Crippen molar-refractivity contribution in [3.63, 3.8) is 0 Å². The number of ether oxygens (including phenoxy) is 1. The van der Waals surface area contributed by atoms with Crippen molar-refractivity contribution in [2.24, 2.45) is 0 Å². The second-order valence-electron chi connectivity index (χ2n) is 1.03. The van der Waals surface area contributed by atoms with Crippen LogP contribution < -0.4 is 0 Å². The van der Waals surface area contributed by atoms with Gasteiger partial charge in [0.15, 0.2) is 4.30 Å². The summed E-state index contributed by atoms with van der Waals surface area (Å²) in [5, 5.41) is 0. The molecule has 0 rings (SSSR count). The molecule has 0 N–H and O–H groups in total. The van der Waals surface area contributed by atoms with Crippen LogP contribution >= 0.6 is 34.8 Å². The van der Waals surface area contributed by atoms with Crippen molar-refractivity contribution in [2.75, 3.05) is 13.2 Å². The molecule has 0 heterocycles. The summed E-state index contributed by atoms with van der Waals surface area (Å²) in [5.74, 6) is 0. The third-order valence-corrected chi connectivity index (χ3v) is 0.408. The maximum Gasteiger partial charge on any atom is 0.180 e. The third kappa shape index (κ3) is 51.4. The summed E-state index contributed by atoms with van der Waals surface area (Å²) in [6.45, 7) is 5.67. The van der Waals surface area contributed by atoms with Crippen LogP contribution in [-0.4, -0.2) is 17.5 Å². The molecule has 0 saturated carbocycles. The van der Waals surface area contributed by atoms with Gasteiger partial charge in [-0.2, -0.15) is 0 Å². The zero-order valence-corrected chi connectivity index (χ0v) is 7.80. The molecule has 0 aliphatic rings. The lowest BCUT2D eigenvalue weighted by atomic mass is 10.8. The molecule has 0 aliphatic carbocycles. The van der Waals surface area contributed by atoms with E-state index < -0.39 is 4.30 Å². The van der Waals surface area contributed by atoms with Gasteiger partial charge in [-0.3, -0.25) is 0 Å². The van der Waals surface area contributed by atoms with E-state index in [1.165, 1.54) is 0 Å². The molecule has 0 aliphatic heterocycles. The molecule has 0 amide bonds. The van der Waals surface area contributed by atoms with E-state index in [4.69, 9.17) is 39.5 Å². The Balaban J connectivity index is 0. The Kier molecular flexibility index (Phi) is 16.1. The molecule has 0 aromatic rings. The average molecular weight is 194 g/mol. The summed E-state index contributed by atoms with van der Waals surface area (Å²) in [5.41, 5.74) is 0. The Hall–Kier alpha value is 0.830. The first kappa shape index (κ1) is 12.5. The summed E-state index contributed by atoms with van der Waals surface area (Å²) in [6.07, 6.45) is 0. The summed E-state index contributed by atoms with van der Waals surface area (Å²) in [7, 11) is 0. The molecule has 0 aromatic carbocycles. The highest BCUT2D eigenvalue weighted by molar-refractivity contribution is 6.63. The highest BCUT2D eigenvalue weighted by Gasteiger charge is 1.78. The lowest BCUT2D eigenvalue weighted by Crippen LogP contribution is -1.84. The topological polar surface area (TPSA) is 9.23 Å². The van der Waals surface area contributed by atoms with E-state index in [-0.39, 0.29) is 0 Å². The number of hydrogen-bond donors (Lipinski definition) is 0. The molecule has 0 fully saturated rings. The molecule has 0 spiro atoms. The molecule has 0 saturated heterocycles. The van der Waals surface area contributed by atoms with Crippen molar-refractivity contribution in [2.45, 2.75) is 18.1 Å². The van der Waals surface area contributed by atoms with Crippen molar-refractivity contribution < 1.29 is 4.74 Å². The van der Waals surface area contributed by atoms with Gasteiger partial charge in [0.05, 0.1) is 0 Å². The van der Waals surface area contributed by atoms with Gasteiger partial charge in [0, 0.05) is 13.2 Å². The Morgan fingerprint density at radius 2 is 1.33 bits per heavy atom. The first-order chi connectivity index (χ1) is 4.15. The number of hydrogen-bond acceptors (Lipinski definition) is 1. The van der Waals surface area contributed by atoms with Gasteiger partial charge in [-0.1, -0.05) is 34.8 Å². The first-order valence-corrected chi connectivity index (χ1v) is 3.96. The number of alkyl halides is 3. The van der Waals surface area contributed by atoms with E-state index in [0.29, 0.717) is 0 Å². The molecule has 0 atom stereocenters. The smallest absolute Gasteiger partial charge is 0.180 e. The normalized spacial score (nSPS) is 8.67. The summed E-state index contributed by atoms with van der Waals surface area (Å²) in [4.78, 5) is 0. The van der Waals surface area contributed by atoms with Gasteiger partial charge in [0.25, 0.3) is 0 Å². The highest BCUT2D eigenvalue weighted by Crippen LogP contribution is 2.03. The van der Waals surface area contributed by atoms with Gasteiger partial charge in [-0.25, -0.2) is 0 Å². The minimum absolute atomic E-state index is 0.750. The van der Waals surface area contributed by atoms with Crippen LogP contribution in [0.15, 0.2) is 0 Å². The average Bonchev–Trinajstić information content (AvgIpc) is 1.66. The van der Waals surface area contributed by atoms with Crippen LogP contribution in [0.1, 0.15) is 13.8 Å². The van der Waals surface area contributed by atoms with E-state index in [1.54, 1.807) is 0 Å². The molecule has 58 valence electrons. The van der Waals surface area contributed by atoms with Crippen LogP contribution in [0.2, 0.25) is 0 Å². The van der Waals surface area contributed by atoms with Gasteiger partial charge < -0.3 is 4.74 Å². The van der Waals surface area contributed by atoms with Gasteiger partial charge in [-0.05, 0) is 13.8 Å². The summed E-state index contributed by atoms with van der Waals surface area (Å²) in [6, 6.07) is 0. The largest absolute Gasteiger partial charge is 0.382 e. The van der Waals surface area contributed by atoms with Crippen LogP contribution in [0.4, 0.5) is 0 Å². The molecule has 0 unspecified atom stereocenters. The quantitative estimate of drug-likeness (QED) is 0.613. The maximum absolute atomic E-state index is 4.83. The Labute approximate surface area is 71.2 Å². The SMILES string of the molecule is CCOCC.ClC(Cl)Cl. The molecular weight excluding hydrogens is 182 g/mol. The Morgan fingerprint density at radius 1 is 1.11 bits per heavy atom. The number of rotatable bonds is 2. The predicted molar refractivity (Wildman–Crippen MR) is 43.5 cm³/mol. The van der Waals surface area contributed by atoms with Crippen LogP contribution in [0.5, 0.6) is 0 Å². The maximum atomic E-state index is 4.83. The fraction of sp³-hybridized carbons (Fsp3) is 1.00. The zero-order chi connectivity index (χ0) is 7.70. The molecule has 1 nitrogen and oxygen atoms in total. The lowest BCUT2D eigenvalue weighted by Gasteiger charge is -1.86. The monoisotopic (exact) mass is 192 g/mol. The standard InChI is InChI=1S/C4H10O.CHCl3/c1-3-5-4-2;2-1(3)4/h3-4H2,1-2H3;1H. The first-order valence-electron chi connectivity index (χ1n) is 2.65. The Morgan fingerprint density at radius 3 is 1.33 bits per heavy atom. The molecule has 9 heavy (non-hydrogen) atoms. The predicted octanol–water partition coefficient (Wildman–Crippen LogP) is 3.03. The van der Waals surface area contributed by atoms with Gasteiger partial charge in [0.1, 0.15) is 0 Å². The lowest BCUT2D eigenvalue weighted by molar-refractivity contribution is 0.162. The third-order valence-electron chi connectivity index (χ3n) is 0.408. The van der Waals surface area contributed by atoms with Crippen molar-refractivity contribution in [1.29, 1.82) is 0 Å². The fourth-order valence-electron chi connectivity index (χ4n) is 0.204. The van der Waals surface area contributed by atoms with E-state index in [0.717, 1.165) is 13.2 Å². The fourth-order valence-corrected chi connectivity index (χ4v) is 0.204. The van der Waals surface area contributed by atoms with Crippen molar-refractivity contribution >= 4 is 34.8 Å². The van der Waals surface area contributed by atoms with E-state index in [9.17, 15) is 0 Å². The van der Waals surface area contributed by atoms with Gasteiger partial charge in [-0.15, -0.1) is 0 Å². The van der Waals surface area contributed by atoms with Crippen LogP contribution in [0, 0.1) is 0 Å². The summed E-state index contributed by atoms with van der Waals surface area (Å²) < 4.78 is 4.08. The number of halogens is 3. The second-order valence-corrected chi connectivity index (χ2v) is 3.01. The summed E-state index contributed by atoms with van der Waals surface area (Å²) >= 11 is 14.4.